The Morgan fingerprint density at radius 2 is 1.88 bits per heavy atom. The fourth-order valence-electron chi connectivity index (χ4n) is 2.11. The maximum atomic E-state index is 9.44. The van der Waals surface area contributed by atoms with Gasteiger partial charge in [0.15, 0.2) is 0 Å². The third kappa shape index (κ3) is 1.62. The molecule has 0 radical (unpaired) electrons. The predicted molar refractivity (Wildman–Crippen MR) is 64.3 cm³/mol. The van der Waals surface area contributed by atoms with Crippen molar-refractivity contribution in [2.45, 2.75) is 26.0 Å². The zero-order valence-corrected chi connectivity index (χ0v) is 9.64. The fourth-order valence-corrected chi connectivity index (χ4v) is 2.11. The van der Waals surface area contributed by atoms with Crippen molar-refractivity contribution in [1.29, 1.82) is 0 Å². The summed E-state index contributed by atoms with van der Waals surface area (Å²) >= 11 is 0. The molecule has 0 aliphatic rings. The number of hydrogen-bond donors (Lipinski definition) is 2. The van der Waals surface area contributed by atoms with Crippen LogP contribution in [0.1, 0.15) is 19.5 Å². The van der Waals surface area contributed by atoms with Crippen LogP contribution >= 0.6 is 0 Å². The van der Waals surface area contributed by atoms with Crippen LogP contribution < -0.4 is 0 Å². The van der Waals surface area contributed by atoms with E-state index in [0.717, 1.165) is 16.6 Å². The summed E-state index contributed by atoms with van der Waals surface area (Å²) in [5, 5.41) is 19.9. The zero-order chi connectivity index (χ0) is 11.8. The molecule has 0 aliphatic carbocycles. The van der Waals surface area contributed by atoms with Crippen LogP contribution in [0.3, 0.4) is 0 Å². The summed E-state index contributed by atoms with van der Waals surface area (Å²) in [5.74, 6) is 0. The first kappa shape index (κ1) is 11.2. The van der Waals surface area contributed by atoms with Crippen LogP contribution in [0.2, 0.25) is 0 Å². The zero-order valence-electron chi connectivity index (χ0n) is 9.64. The molecule has 0 fully saturated rings. The van der Waals surface area contributed by atoms with Gasteiger partial charge in [0.05, 0.1) is 18.8 Å². The number of hydrogen-bond acceptors (Lipinski definition) is 2. The number of rotatable bonds is 3. The molecule has 0 amide bonds. The first-order chi connectivity index (χ1) is 7.60. The predicted octanol–water partition coefficient (Wildman–Crippen LogP) is 1.86. The number of nitrogens with zero attached hydrogens (tertiary/aromatic N) is 1. The van der Waals surface area contributed by atoms with Crippen molar-refractivity contribution >= 4 is 10.9 Å². The second-order valence-corrected chi connectivity index (χ2v) is 4.66. The van der Waals surface area contributed by atoms with E-state index in [-0.39, 0.29) is 13.2 Å². The van der Waals surface area contributed by atoms with Crippen LogP contribution in [0.15, 0.2) is 30.3 Å². The Morgan fingerprint density at radius 1 is 1.19 bits per heavy atom. The third-order valence-corrected chi connectivity index (χ3v) is 2.94. The lowest BCUT2D eigenvalue weighted by molar-refractivity contribution is 0.158. The molecule has 2 aromatic rings. The van der Waals surface area contributed by atoms with Gasteiger partial charge in [0.25, 0.3) is 0 Å². The highest BCUT2D eigenvalue weighted by atomic mass is 16.3. The quantitative estimate of drug-likeness (QED) is 0.827. The first-order valence-electron chi connectivity index (χ1n) is 5.42. The molecule has 16 heavy (non-hydrogen) atoms. The largest absolute Gasteiger partial charge is 0.394 e. The van der Waals surface area contributed by atoms with Gasteiger partial charge in [0, 0.05) is 11.2 Å². The number of fused-ring (bicyclic) bond motifs is 1. The lowest BCUT2D eigenvalue weighted by Crippen LogP contribution is -2.31. The van der Waals surface area contributed by atoms with Gasteiger partial charge >= 0.3 is 0 Å². The number of aromatic nitrogens is 1. The lowest BCUT2D eigenvalue weighted by atomic mass is 10.1. The van der Waals surface area contributed by atoms with Gasteiger partial charge in [-0.2, -0.15) is 0 Å². The molecule has 0 aliphatic heterocycles. The monoisotopic (exact) mass is 219 g/mol. The Hall–Kier alpha value is -1.32. The summed E-state index contributed by atoms with van der Waals surface area (Å²) in [6.45, 7) is 3.94. The Bertz CT molecular complexity index is 500. The minimum absolute atomic E-state index is 0.0158. The molecule has 0 saturated heterocycles. The second-order valence-electron chi connectivity index (χ2n) is 4.66. The molecule has 2 N–H and O–H groups in total. The number of benzene rings is 1. The van der Waals surface area contributed by atoms with E-state index in [0.29, 0.717) is 0 Å². The standard InChI is InChI=1S/C13H17NO2/c1-13(2,9-16)14-11(8-15)7-10-5-3-4-6-12(10)14/h3-7,15-16H,8-9H2,1-2H3. The van der Waals surface area contributed by atoms with Crippen LogP contribution in [0.4, 0.5) is 0 Å². The van der Waals surface area contributed by atoms with E-state index >= 15 is 0 Å². The van der Waals surface area contributed by atoms with Crippen molar-refractivity contribution in [2.24, 2.45) is 0 Å². The van der Waals surface area contributed by atoms with Gasteiger partial charge in [0.1, 0.15) is 0 Å². The molecule has 1 aromatic heterocycles. The summed E-state index contributed by atoms with van der Waals surface area (Å²) in [6, 6.07) is 9.92. The molecular weight excluding hydrogens is 202 g/mol. The summed E-state index contributed by atoms with van der Waals surface area (Å²) in [5.41, 5.74) is 1.48. The van der Waals surface area contributed by atoms with E-state index in [1.807, 2.05) is 48.7 Å². The Kier molecular flexibility index (Phi) is 2.74. The van der Waals surface area contributed by atoms with E-state index in [9.17, 15) is 10.2 Å². The molecule has 0 unspecified atom stereocenters. The van der Waals surface area contributed by atoms with Crippen LogP contribution in [0, 0.1) is 0 Å². The average molecular weight is 219 g/mol. The highest BCUT2D eigenvalue weighted by molar-refractivity contribution is 5.81. The molecule has 1 heterocycles. The van der Waals surface area contributed by atoms with Crippen LogP contribution in [0.25, 0.3) is 10.9 Å². The molecule has 3 heteroatoms. The lowest BCUT2D eigenvalue weighted by Gasteiger charge is -2.27. The Balaban J connectivity index is 2.74. The van der Waals surface area contributed by atoms with E-state index < -0.39 is 5.54 Å². The van der Waals surface area contributed by atoms with Crippen LogP contribution in [0.5, 0.6) is 0 Å². The molecule has 3 nitrogen and oxygen atoms in total. The van der Waals surface area contributed by atoms with Gasteiger partial charge in [-0.3, -0.25) is 0 Å². The number of aliphatic hydroxyl groups is 2. The fraction of sp³-hybridized carbons (Fsp3) is 0.385. The molecule has 1 aromatic carbocycles. The van der Waals surface area contributed by atoms with Crippen LogP contribution in [-0.4, -0.2) is 21.4 Å². The molecule has 2 rings (SSSR count). The number of aliphatic hydroxyl groups excluding tert-OH is 2. The average Bonchev–Trinajstić information content (AvgIpc) is 2.67. The van der Waals surface area contributed by atoms with Gasteiger partial charge in [-0.1, -0.05) is 18.2 Å². The van der Waals surface area contributed by atoms with E-state index in [4.69, 9.17) is 0 Å². The molecule has 0 saturated carbocycles. The van der Waals surface area contributed by atoms with Gasteiger partial charge in [-0.05, 0) is 31.4 Å². The molecule has 86 valence electrons. The van der Waals surface area contributed by atoms with E-state index in [1.54, 1.807) is 0 Å². The van der Waals surface area contributed by atoms with Gasteiger partial charge in [-0.15, -0.1) is 0 Å². The van der Waals surface area contributed by atoms with Crippen molar-refractivity contribution in [3.63, 3.8) is 0 Å². The molecule has 0 atom stereocenters. The van der Waals surface area contributed by atoms with Crippen molar-refractivity contribution in [1.82, 2.24) is 4.57 Å². The van der Waals surface area contributed by atoms with Gasteiger partial charge in [-0.25, -0.2) is 0 Å². The summed E-state index contributed by atoms with van der Waals surface area (Å²) in [6.07, 6.45) is 0. The SMILES string of the molecule is CC(C)(CO)n1c(CO)cc2ccccc21. The molecule has 0 bridgehead atoms. The Labute approximate surface area is 94.9 Å². The normalized spacial score (nSPS) is 12.2. The molecular formula is C13H17NO2. The second kappa shape index (κ2) is 3.92. The first-order valence-corrected chi connectivity index (χ1v) is 5.42. The highest BCUT2D eigenvalue weighted by Crippen LogP contribution is 2.27. The smallest absolute Gasteiger partial charge is 0.0833 e. The summed E-state index contributed by atoms with van der Waals surface area (Å²) < 4.78 is 2.00. The highest BCUT2D eigenvalue weighted by Gasteiger charge is 2.23. The van der Waals surface area contributed by atoms with E-state index in [1.165, 1.54) is 0 Å². The minimum Gasteiger partial charge on any atom is -0.394 e. The third-order valence-electron chi connectivity index (χ3n) is 2.94. The van der Waals surface area contributed by atoms with Crippen molar-refractivity contribution in [3.05, 3.63) is 36.0 Å². The topological polar surface area (TPSA) is 45.4 Å². The van der Waals surface area contributed by atoms with Crippen molar-refractivity contribution < 1.29 is 10.2 Å². The summed E-state index contributed by atoms with van der Waals surface area (Å²) in [4.78, 5) is 0. The van der Waals surface area contributed by atoms with E-state index in [2.05, 4.69) is 0 Å². The van der Waals surface area contributed by atoms with Crippen molar-refractivity contribution in [3.8, 4) is 0 Å². The van der Waals surface area contributed by atoms with Gasteiger partial charge in [0.2, 0.25) is 0 Å². The summed E-state index contributed by atoms with van der Waals surface area (Å²) in [7, 11) is 0. The molecule has 0 spiro atoms. The maximum Gasteiger partial charge on any atom is 0.0833 e. The maximum absolute atomic E-state index is 9.44. The number of para-hydroxylation sites is 1. The van der Waals surface area contributed by atoms with Gasteiger partial charge < -0.3 is 14.8 Å². The van der Waals surface area contributed by atoms with Crippen molar-refractivity contribution in [2.75, 3.05) is 6.61 Å². The Morgan fingerprint density at radius 3 is 2.50 bits per heavy atom. The minimum atomic E-state index is -0.402. The van der Waals surface area contributed by atoms with Crippen LogP contribution in [-0.2, 0) is 12.1 Å².